The highest BCUT2D eigenvalue weighted by Crippen LogP contribution is 2.31. The van der Waals surface area contributed by atoms with Gasteiger partial charge in [-0.3, -0.25) is 0 Å². The standard InChI is InChI=1S/C20H23ClN2O/c1-15-7-5-8-16(13-15)19-11-3-2-4-12-23(19)20(24)22-18-10-6-9-17(21)14-18/h5-10,13-14,19H,2-4,11-12H2,1H3,(H,22,24)/t19-/m1/s1. The fraction of sp³-hybridized carbons (Fsp3) is 0.350. The van der Waals surface area contributed by atoms with E-state index in [1.807, 2.05) is 17.0 Å². The summed E-state index contributed by atoms with van der Waals surface area (Å²) in [6, 6.07) is 15.9. The molecular weight excluding hydrogens is 320 g/mol. The van der Waals surface area contributed by atoms with Gasteiger partial charge in [-0.2, -0.15) is 0 Å². The minimum atomic E-state index is -0.0503. The number of benzene rings is 2. The maximum atomic E-state index is 12.9. The Bertz CT molecular complexity index is 716. The van der Waals surface area contributed by atoms with Gasteiger partial charge in [0, 0.05) is 17.3 Å². The van der Waals surface area contributed by atoms with Crippen molar-refractivity contribution < 1.29 is 4.79 Å². The van der Waals surface area contributed by atoms with Gasteiger partial charge in [-0.1, -0.05) is 60.3 Å². The summed E-state index contributed by atoms with van der Waals surface area (Å²) < 4.78 is 0. The fourth-order valence-electron chi connectivity index (χ4n) is 3.34. The molecule has 2 aromatic rings. The van der Waals surface area contributed by atoms with Gasteiger partial charge in [0.25, 0.3) is 0 Å². The molecule has 0 aliphatic carbocycles. The SMILES string of the molecule is Cc1cccc([C@H]2CCCCCN2C(=O)Nc2cccc(Cl)c2)c1. The molecule has 0 saturated carbocycles. The van der Waals surface area contributed by atoms with Gasteiger partial charge < -0.3 is 10.2 Å². The number of amides is 2. The van der Waals surface area contributed by atoms with Gasteiger partial charge in [0.05, 0.1) is 6.04 Å². The van der Waals surface area contributed by atoms with Crippen molar-refractivity contribution in [2.45, 2.75) is 38.6 Å². The molecule has 24 heavy (non-hydrogen) atoms. The van der Waals surface area contributed by atoms with Crippen LogP contribution in [-0.2, 0) is 0 Å². The van der Waals surface area contributed by atoms with Crippen LogP contribution in [0.5, 0.6) is 0 Å². The lowest BCUT2D eigenvalue weighted by molar-refractivity contribution is 0.189. The molecule has 0 spiro atoms. The van der Waals surface area contributed by atoms with Crippen molar-refractivity contribution in [1.82, 2.24) is 4.90 Å². The van der Waals surface area contributed by atoms with Crippen LogP contribution in [0.15, 0.2) is 48.5 Å². The number of aryl methyl sites for hydroxylation is 1. The van der Waals surface area contributed by atoms with Gasteiger partial charge >= 0.3 is 6.03 Å². The molecule has 1 aliphatic heterocycles. The topological polar surface area (TPSA) is 32.3 Å². The Morgan fingerprint density at radius 1 is 1.12 bits per heavy atom. The maximum absolute atomic E-state index is 12.9. The smallest absolute Gasteiger partial charge is 0.317 e. The summed E-state index contributed by atoms with van der Waals surface area (Å²) in [5.41, 5.74) is 3.19. The van der Waals surface area contributed by atoms with Crippen LogP contribution in [0.4, 0.5) is 10.5 Å². The predicted octanol–water partition coefficient (Wildman–Crippen LogP) is 5.80. The molecule has 1 aliphatic rings. The van der Waals surface area contributed by atoms with Crippen LogP contribution >= 0.6 is 11.6 Å². The maximum Gasteiger partial charge on any atom is 0.322 e. The molecule has 0 radical (unpaired) electrons. The molecule has 3 rings (SSSR count). The first-order valence-corrected chi connectivity index (χ1v) is 8.91. The molecule has 4 heteroatoms. The third-order valence-electron chi connectivity index (χ3n) is 4.52. The summed E-state index contributed by atoms with van der Waals surface area (Å²) in [6.07, 6.45) is 4.38. The number of carbonyl (C=O) groups excluding carboxylic acids is 1. The molecule has 2 aromatic carbocycles. The summed E-state index contributed by atoms with van der Waals surface area (Å²) in [7, 11) is 0. The summed E-state index contributed by atoms with van der Waals surface area (Å²) >= 11 is 6.02. The fourth-order valence-corrected chi connectivity index (χ4v) is 3.53. The Hall–Kier alpha value is -2.00. The van der Waals surface area contributed by atoms with E-state index in [1.165, 1.54) is 17.5 Å². The van der Waals surface area contributed by atoms with Gasteiger partial charge in [-0.25, -0.2) is 4.79 Å². The van der Waals surface area contributed by atoms with E-state index in [-0.39, 0.29) is 12.1 Å². The normalized spacial score (nSPS) is 18.1. The van der Waals surface area contributed by atoms with Crippen molar-refractivity contribution >= 4 is 23.3 Å². The van der Waals surface area contributed by atoms with E-state index in [1.54, 1.807) is 12.1 Å². The predicted molar refractivity (Wildman–Crippen MR) is 99.6 cm³/mol. The van der Waals surface area contributed by atoms with E-state index in [0.29, 0.717) is 5.02 Å². The van der Waals surface area contributed by atoms with Crippen LogP contribution in [0.2, 0.25) is 5.02 Å². The van der Waals surface area contributed by atoms with Crippen LogP contribution in [0.1, 0.15) is 42.9 Å². The number of nitrogens with zero attached hydrogens (tertiary/aromatic N) is 1. The molecule has 3 nitrogen and oxygen atoms in total. The highest BCUT2D eigenvalue weighted by atomic mass is 35.5. The minimum Gasteiger partial charge on any atom is -0.317 e. The first-order valence-electron chi connectivity index (χ1n) is 8.53. The van der Waals surface area contributed by atoms with Crippen LogP contribution < -0.4 is 5.32 Å². The number of anilines is 1. The van der Waals surface area contributed by atoms with Crippen LogP contribution in [0.3, 0.4) is 0 Å². The Kier molecular flexibility index (Phi) is 5.41. The number of rotatable bonds is 2. The van der Waals surface area contributed by atoms with Crippen molar-refractivity contribution in [1.29, 1.82) is 0 Å². The first-order chi connectivity index (χ1) is 11.6. The molecule has 126 valence electrons. The Labute approximate surface area is 148 Å². The average molecular weight is 343 g/mol. The monoisotopic (exact) mass is 342 g/mol. The average Bonchev–Trinajstić information content (AvgIpc) is 2.81. The summed E-state index contributed by atoms with van der Waals surface area (Å²) in [6.45, 7) is 2.88. The second-order valence-electron chi connectivity index (χ2n) is 6.41. The largest absolute Gasteiger partial charge is 0.322 e. The summed E-state index contributed by atoms with van der Waals surface area (Å²) in [4.78, 5) is 14.8. The third kappa shape index (κ3) is 4.09. The van der Waals surface area contributed by atoms with Crippen molar-refractivity contribution in [3.05, 3.63) is 64.7 Å². The molecule has 0 bridgehead atoms. The van der Waals surface area contributed by atoms with E-state index in [9.17, 15) is 4.79 Å². The van der Waals surface area contributed by atoms with Crippen LogP contribution in [-0.4, -0.2) is 17.5 Å². The van der Waals surface area contributed by atoms with Crippen molar-refractivity contribution in [2.24, 2.45) is 0 Å². The molecule has 1 N–H and O–H groups in total. The van der Waals surface area contributed by atoms with Gasteiger partial charge in [0.15, 0.2) is 0 Å². The second kappa shape index (κ2) is 7.71. The highest BCUT2D eigenvalue weighted by molar-refractivity contribution is 6.30. The highest BCUT2D eigenvalue weighted by Gasteiger charge is 2.26. The van der Waals surface area contributed by atoms with Gasteiger partial charge in [-0.15, -0.1) is 0 Å². The van der Waals surface area contributed by atoms with E-state index in [0.717, 1.165) is 31.5 Å². The Morgan fingerprint density at radius 3 is 2.75 bits per heavy atom. The van der Waals surface area contributed by atoms with Crippen LogP contribution in [0, 0.1) is 6.92 Å². The van der Waals surface area contributed by atoms with E-state index in [4.69, 9.17) is 11.6 Å². The van der Waals surface area contributed by atoms with Gasteiger partial charge in [0.1, 0.15) is 0 Å². The van der Waals surface area contributed by atoms with Gasteiger partial charge in [-0.05, 0) is 43.5 Å². The number of carbonyl (C=O) groups is 1. The number of hydrogen-bond donors (Lipinski definition) is 1. The summed E-state index contributed by atoms with van der Waals surface area (Å²) in [5, 5.41) is 3.62. The van der Waals surface area contributed by atoms with E-state index < -0.39 is 0 Å². The zero-order chi connectivity index (χ0) is 16.9. The lowest BCUT2D eigenvalue weighted by Gasteiger charge is -2.31. The Morgan fingerprint density at radius 2 is 1.96 bits per heavy atom. The number of halogens is 1. The van der Waals surface area contributed by atoms with Gasteiger partial charge in [0.2, 0.25) is 0 Å². The van der Waals surface area contributed by atoms with Crippen molar-refractivity contribution in [2.75, 3.05) is 11.9 Å². The minimum absolute atomic E-state index is 0.0503. The molecule has 1 heterocycles. The quantitative estimate of drug-likeness (QED) is 0.735. The van der Waals surface area contributed by atoms with Crippen molar-refractivity contribution in [3.63, 3.8) is 0 Å². The number of urea groups is 1. The third-order valence-corrected chi connectivity index (χ3v) is 4.75. The molecule has 1 saturated heterocycles. The molecule has 0 unspecified atom stereocenters. The van der Waals surface area contributed by atoms with E-state index >= 15 is 0 Å². The Balaban J connectivity index is 1.82. The molecule has 1 atom stereocenters. The second-order valence-corrected chi connectivity index (χ2v) is 6.85. The zero-order valence-electron chi connectivity index (χ0n) is 14.0. The molecule has 2 amide bonds. The van der Waals surface area contributed by atoms with E-state index in [2.05, 4.69) is 36.5 Å². The number of nitrogens with one attached hydrogen (secondary N) is 1. The molecular formula is C20H23ClN2O. The molecule has 1 fully saturated rings. The van der Waals surface area contributed by atoms with Crippen LogP contribution in [0.25, 0.3) is 0 Å². The summed E-state index contributed by atoms with van der Waals surface area (Å²) in [5.74, 6) is 0. The number of hydrogen-bond acceptors (Lipinski definition) is 1. The lowest BCUT2D eigenvalue weighted by atomic mass is 9.99. The van der Waals surface area contributed by atoms with Crippen molar-refractivity contribution in [3.8, 4) is 0 Å². The first kappa shape index (κ1) is 16.8. The lowest BCUT2D eigenvalue weighted by Crippen LogP contribution is -2.38. The zero-order valence-corrected chi connectivity index (χ0v) is 14.7. The molecule has 0 aromatic heterocycles. The number of likely N-dealkylation sites (tertiary alicyclic amines) is 1.